The molecule has 2 amide bonds. The highest BCUT2D eigenvalue weighted by Gasteiger charge is 2.25. The second-order valence-corrected chi connectivity index (χ2v) is 7.11. The van der Waals surface area contributed by atoms with Crippen molar-refractivity contribution in [2.75, 3.05) is 18.1 Å². The number of rotatable bonds is 6. The number of anilines is 1. The number of ether oxygens (including phenoxy) is 1. The number of nitrogens with zero attached hydrogens (tertiary/aromatic N) is 1. The Morgan fingerprint density at radius 2 is 1.93 bits per heavy atom. The first-order valence-electron chi connectivity index (χ1n) is 9.43. The molecule has 2 aromatic carbocycles. The van der Waals surface area contributed by atoms with Gasteiger partial charge >= 0.3 is 6.09 Å². The fourth-order valence-electron chi connectivity index (χ4n) is 3.26. The third kappa shape index (κ3) is 4.30. The van der Waals surface area contributed by atoms with Gasteiger partial charge in [-0.2, -0.15) is 0 Å². The van der Waals surface area contributed by atoms with Crippen LogP contribution in [0.4, 0.5) is 10.5 Å². The predicted octanol–water partition coefficient (Wildman–Crippen LogP) is 4.33. The minimum absolute atomic E-state index is 0.0798. The van der Waals surface area contributed by atoms with Crippen LogP contribution in [0.3, 0.4) is 0 Å². The van der Waals surface area contributed by atoms with Gasteiger partial charge in [0.25, 0.3) is 5.91 Å². The Morgan fingerprint density at radius 3 is 2.52 bits per heavy atom. The molecule has 27 heavy (non-hydrogen) atoms. The normalized spacial score (nSPS) is 15.0. The van der Waals surface area contributed by atoms with E-state index in [2.05, 4.69) is 50.4 Å². The van der Waals surface area contributed by atoms with Gasteiger partial charge in [-0.3, -0.25) is 9.69 Å². The lowest BCUT2D eigenvalue weighted by atomic mass is 9.94. The first kappa shape index (κ1) is 19.0. The summed E-state index contributed by atoms with van der Waals surface area (Å²) >= 11 is 0. The number of amides is 2. The Kier molecular flexibility index (Phi) is 5.79. The molecule has 3 rings (SSSR count). The van der Waals surface area contributed by atoms with Crippen molar-refractivity contribution in [2.24, 2.45) is 5.92 Å². The first-order chi connectivity index (χ1) is 13.0. The van der Waals surface area contributed by atoms with Crippen molar-refractivity contribution in [1.29, 1.82) is 0 Å². The predicted molar refractivity (Wildman–Crippen MR) is 106 cm³/mol. The molecule has 0 radical (unpaired) electrons. The lowest BCUT2D eigenvalue weighted by molar-refractivity contribution is 0.0925. The summed E-state index contributed by atoms with van der Waals surface area (Å²) in [5.74, 6) is 0.0980. The number of benzene rings is 2. The number of hydrogen-bond donors (Lipinski definition) is 1. The lowest BCUT2D eigenvalue weighted by Gasteiger charge is -2.23. The van der Waals surface area contributed by atoms with Crippen molar-refractivity contribution in [3.8, 4) is 0 Å². The van der Waals surface area contributed by atoms with Gasteiger partial charge < -0.3 is 10.1 Å². The summed E-state index contributed by atoms with van der Waals surface area (Å²) in [6.07, 6.45) is 0.619. The number of aryl methyl sites for hydroxylation is 1. The Balaban J connectivity index is 1.78. The maximum atomic E-state index is 12.9. The molecule has 1 aliphatic rings. The molecule has 1 atom stereocenters. The highest BCUT2D eigenvalue weighted by atomic mass is 16.6. The van der Waals surface area contributed by atoms with Gasteiger partial charge in [-0.1, -0.05) is 51.1 Å². The monoisotopic (exact) mass is 366 g/mol. The maximum Gasteiger partial charge on any atom is 0.414 e. The van der Waals surface area contributed by atoms with Gasteiger partial charge in [-0.15, -0.1) is 0 Å². The van der Waals surface area contributed by atoms with E-state index < -0.39 is 0 Å². The number of nitrogens with one attached hydrogen (secondary N) is 1. The molecule has 1 fully saturated rings. The fourth-order valence-corrected chi connectivity index (χ4v) is 3.26. The van der Waals surface area contributed by atoms with E-state index in [4.69, 9.17) is 4.74 Å². The Bertz CT molecular complexity index is 815. The Hall–Kier alpha value is -2.82. The van der Waals surface area contributed by atoms with Crippen LogP contribution >= 0.6 is 0 Å². The van der Waals surface area contributed by atoms with E-state index in [1.54, 1.807) is 23.1 Å². The summed E-state index contributed by atoms with van der Waals surface area (Å²) in [6.45, 7) is 7.19. The van der Waals surface area contributed by atoms with E-state index in [1.165, 1.54) is 5.56 Å². The van der Waals surface area contributed by atoms with Crippen molar-refractivity contribution in [2.45, 2.75) is 33.2 Å². The van der Waals surface area contributed by atoms with Crippen molar-refractivity contribution in [1.82, 2.24) is 5.32 Å². The molecule has 1 unspecified atom stereocenters. The summed E-state index contributed by atoms with van der Waals surface area (Å²) in [7, 11) is 0. The van der Waals surface area contributed by atoms with Gasteiger partial charge in [0.05, 0.1) is 12.6 Å². The fraction of sp³-hybridized carbons (Fsp3) is 0.364. The molecule has 5 heteroatoms. The molecule has 0 spiro atoms. The second-order valence-electron chi connectivity index (χ2n) is 7.11. The summed E-state index contributed by atoms with van der Waals surface area (Å²) < 4.78 is 4.98. The van der Waals surface area contributed by atoms with E-state index in [-0.39, 0.29) is 24.0 Å². The summed E-state index contributed by atoms with van der Waals surface area (Å²) in [4.78, 5) is 26.2. The maximum absolute atomic E-state index is 12.9. The Morgan fingerprint density at radius 1 is 1.19 bits per heavy atom. The third-order valence-corrected chi connectivity index (χ3v) is 4.88. The van der Waals surface area contributed by atoms with Crippen LogP contribution in [0, 0.1) is 5.92 Å². The molecular formula is C22H26N2O3. The van der Waals surface area contributed by atoms with Crippen LogP contribution in [0.2, 0.25) is 0 Å². The third-order valence-electron chi connectivity index (χ3n) is 4.88. The van der Waals surface area contributed by atoms with E-state index in [0.717, 1.165) is 12.0 Å². The number of carbonyl (C=O) groups excluding carboxylic acids is 2. The molecule has 0 bridgehead atoms. The molecule has 0 saturated carbocycles. The van der Waals surface area contributed by atoms with Crippen molar-refractivity contribution in [3.63, 3.8) is 0 Å². The van der Waals surface area contributed by atoms with E-state index in [9.17, 15) is 9.59 Å². The second kappa shape index (κ2) is 8.25. The SMILES string of the molecule is CCc1ccc(C(NC(=O)c2cccc(N3CCOC3=O)c2)C(C)C)cc1. The van der Waals surface area contributed by atoms with Crippen LogP contribution in [0.5, 0.6) is 0 Å². The van der Waals surface area contributed by atoms with Crippen LogP contribution in [-0.2, 0) is 11.2 Å². The van der Waals surface area contributed by atoms with Crippen LogP contribution in [0.25, 0.3) is 0 Å². The van der Waals surface area contributed by atoms with Gasteiger partial charge in [0.1, 0.15) is 6.61 Å². The largest absolute Gasteiger partial charge is 0.447 e. The first-order valence-corrected chi connectivity index (χ1v) is 9.43. The Labute approximate surface area is 160 Å². The zero-order valence-corrected chi connectivity index (χ0v) is 16.1. The molecule has 0 aromatic heterocycles. The zero-order chi connectivity index (χ0) is 19.4. The minimum Gasteiger partial charge on any atom is -0.447 e. The molecule has 1 heterocycles. The minimum atomic E-state index is -0.372. The van der Waals surface area contributed by atoms with E-state index >= 15 is 0 Å². The van der Waals surface area contributed by atoms with Crippen LogP contribution < -0.4 is 10.2 Å². The van der Waals surface area contributed by atoms with Gasteiger partial charge in [0, 0.05) is 11.3 Å². The average molecular weight is 366 g/mol. The zero-order valence-electron chi connectivity index (χ0n) is 16.1. The highest BCUT2D eigenvalue weighted by Crippen LogP contribution is 2.24. The van der Waals surface area contributed by atoms with E-state index in [0.29, 0.717) is 24.4 Å². The van der Waals surface area contributed by atoms with Crippen LogP contribution in [0.15, 0.2) is 48.5 Å². The van der Waals surface area contributed by atoms with Crippen molar-refractivity contribution >= 4 is 17.7 Å². The topological polar surface area (TPSA) is 58.6 Å². The molecule has 1 N–H and O–H groups in total. The highest BCUT2D eigenvalue weighted by molar-refractivity contribution is 5.97. The molecule has 2 aromatic rings. The van der Waals surface area contributed by atoms with Gasteiger partial charge in [-0.05, 0) is 41.7 Å². The van der Waals surface area contributed by atoms with Gasteiger partial charge in [0.15, 0.2) is 0 Å². The molecular weight excluding hydrogens is 340 g/mol. The average Bonchev–Trinajstić information content (AvgIpc) is 3.12. The summed E-state index contributed by atoms with van der Waals surface area (Å²) in [5.41, 5.74) is 3.58. The molecule has 1 saturated heterocycles. The van der Waals surface area contributed by atoms with E-state index in [1.807, 2.05) is 6.07 Å². The molecule has 1 aliphatic heterocycles. The lowest BCUT2D eigenvalue weighted by Crippen LogP contribution is -2.32. The van der Waals surface area contributed by atoms with Crippen molar-refractivity contribution < 1.29 is 14.3 Å². The number of hydrogen-bond acceptors (Lipinski definition) is 3. The van der Waals surface area contributed by atoms with Crippen LogP contribution in [0.1, 0.15) is 48.3 Å². The number of carbonyl (C=O) groups is 2. The molecule has 0 aliphatic carbocycles. The summed E-state index contributed by atoms with van der Waals surface area (Å²) in [6, 6.07) is 15.4. The van der Waals surface area contributed by atoms with Crippen molar-refractivity contribution in [3.05, 3.63) is 65.2 Å². The molecule has 142 valence electrons. The quantitative estimate of drug-likeness (QED) is 0.828. The summed E-state index contributed by atoms with van der Waals surface area (Å²) in [5, 5.41) is 3.14. The standard InChI is InChI=1S/C22H26N2O3/c1-4-16-8-10-17(11-9-16)20(15(2)3)23-21(25)18-6-5-7-19(14-18)24-12-13-27-22(24)26/h5-11,14-15,20H,4,12-13H2,1-3H3,(H,23,25). The van der Waals surface area contributed by atoms with Gasteiger partial charge in [-0.25, -0.2) is 4.79 Å². The number of cyclic esters (lactones) is 1. The molecule has 5 nitrogen and oxygen atoms in total. The van der Waals surface area contributed by atoms with Gasteiger partial charge in [0.2, 0.25) is 0 Å². The smallest absolute Gasteiger partial charge is 0.414 e. The van der Waals surface area contributed by atoms with Crippen LogP contribution in [-0.4, -0.2) is 25.2 Å².